The van der Waals surface area contributed by atoms with Crippen LogP contribution in [0.5, 0.6) is 17.4 Å². The first-order valence-corrected chi connectivity index (χ1v) is 12.8. The van der Waals surface area contributed by atoms with Gasteiger partial charge in [-0.1, -0.05) is 23.8 Å². The minimum Gasteiger partial charge on any atom is -0.490 e. The standard InChI is InChI=1S/C31H28FN3O4/c1-21-2-8-25(9-3-21)38-27-14-16-35(17-15-27)31(37)23-5-12-28(33-20-23)29(36)18-22-4-13-30(34-19-22)39-26-10-6-24(32)7-11-26/h2-13,19-20,27H,14-18H2,1H3. The molecular formula is C31H28FN3O4. The van der Waals surface area contributed by atoms with Crippen molar-refractivity contribution in [2.45, 2.75) is 32.3 Å². The summed E-state index contributed by atoms with van der Waals surface area (Å²) in [4.78, 5) is 36.0. The van der Waals surface area contributed by atoms with Crippen molar-refractivity contribution in [1.29, 1.82) is 0 Å². The first-order valence-electron chi connectivity index (χ1n) is 12.8. The summed E-state index contributed by atoms with van der Waals surface area (Å²) in [6, 6.07) is 20.2. The van der Waals surface area contributed by atoms with E-state index < -0.39 is 0 Å². The number of ketones is 1. The Balaban J connectivity index is 1.11. The molecule has 0 radical (unpaired) electrons. The summed E-state index contributed by atoms with van der Waals surface area (Å²) in [6.45, 7) is 3.24. The van der Waals surface area contributed by atoms with Gasteiger partial charge in [0.05, 0.1) is 5.56 Å². The highest BCUT2D eigenvalue weighted by Crippen LogP contribution is 2.22. The SMILES string of the molecule is Cc1ccc(OC2CCN(C(=O)c3ccc(C(=O)Cc4ccc(Oc5ccc(F)cc5)nc4)nc3)CC2)cc1. The summed E-state index contributed by atoms with van der Waals surface area (Å²) in [7, 11) is 0. The summed E-state index contributed by atoms with van der Waals surface area (Å²) in [5.41, 5.74) is 2.62. The van der Waals surface area contributed by atoms with Crippen LogP contribution in [0, 0.1) is 12.7 Å². The quantitative estimate of drug-likeness (QED) is 0.270. The molecule has 4 aromatic rings. The highest BCUT2D eigenvalue weighted by atomic mass is 19.1. The molecule has 198 valence electrons. The molecule has 8 heteroatoms. The Kier molecular flexibility index (Phi) is 7.91. The van der Waals surface area contributed by atoms with E-state index in [9.17, 15) is 14.0 Å². The predicted molar refractivity (Wildman–Crippen MR) is 144 cm³/mol. The van der Waals surface area contributed by atoms with Crippen LogP contribution in [-0.4, -0.2) is 45.8 Å². The first-order chi connectivity index (χ1) is 18.9. The van der Waals surface area contributed by atoms with Crippen molar-refractivity contribution in [2.24, 2.45) is 0 Å². The molecule has 0 aliphatic carbocycles. The fourth-order valence-corrected chi connectivity index (χ4v) is 4.33. The van der Waals surface area contributed by atoms with E-state index in [1.807, 2.05) is 31.2 Å². The third kappa shape index (κ3) is 6.84. The lowest BCUT2D eigenvalue weighted by Crippen LogP contribution is -2.41. The number of carbonyl (C=O) groups excluding carboxylic acids is 2. The molecule has 1 saturated heterocycles. The van der Waals surface area contributed by atoms with E-state index in [-0.39, 0.29) is 35.7 Å². The Labute approximate surface area is 226 Å². The van der Waals surface area contributed by atoms with Crippen LogP contribution < -0.4 is 9.47 Å². The van der Waals surface area contributed by atoms with Gasteiger partial charge in [0.25, 0.3) is 5.91 Å². The van der Waals surface area contributed by atoms with Crippen molar-refractivity contribution in [1.82, 2.24) is 14.9 Å². The van der Waals surface area contributed by atoms with E-state index in [2.05, 4.69) is 9.97 Å². The molecule has 3 heterocycles. The van der Waals surface area contributed by atoms with Crippen LogP contribution in [0.3, 0.4) is 0 Å². The van der Waals surface area contributed by atoms with Gasteiger partial charge in [-0.25, -0.2) is 9.37 Å². The molecule has 0 bridgehead atoms. The zero-order valence-electron chi connectivity index (χ0n) is 21.5. The van der Waals surface area contributed by atoms with Crippen LogP contribution in [0.25, 0.3) is 0 Å². The van der Waals surface area contributed by atoms with Crippen molar-refractivity contribution >= 4 is 11.7 Å². The summed E-state index contributed by atoms with van der Waals surface area (Å²) in [6.07, 6.45) is 4.71. The second-order valence-electron chi connectivity index (χ2n) is 9.52. The van der Waals surface area contributed by atoms with E-state index in [0.29, 0.717) is 35.8 Å². The van der Waals surface area contributed by atoms with Crippen LogP contribution >= 0.6 is 0 Å². The third-order valence-corrected chi connectivity index (χ3v) is 6.55. The van der Waals surface area contributed by atoms with Gasteiger partial charge in [-0.15, -0.1) is 0 Å². The summed E-state index contributed by atoms with van der Waals surface area (Å²) in [5.74, 6) is 1.02. The summed E-state index contributed by atoms with van der Waals surface area (Å²) >= 11 is 0. The largest absolute Gasteiger partial charge is 0.490 e. The van der Waals surface area contributed by atoms with Crippen LogP contribution in [0.2, 0.25) is 0 Å². The van der Waals surface area contributed by atoms with Gasteiger partial charge in [-0.3, -0.25) is 14.6 Å². The molecule has 0 N–H and O–H groups in total. The molecule has 2 aromatic carbocycles. The Morgan fingerprint density at radius 3 is 2.23 bits per heavy atom. The van der Waals surface area contributed by atoms with Crippen LogP contribution in [0.15, 0.2) is 85.2 Å². The first kappa shape index (κ1) is 26.0. The second kappa shape index (κ2) is 11.9. The number of rotatable bonds is 8. The molecule has 0 atom stereocenters. The van der Waals surface area contributed by atoms with Crippen LogP contribution in [0.1, 0.15) is 44.8 Å². The molecule has 1 aliphatic heterocycles. The number of likely N-dealkylation sites (tertiary alicyclic amines) is 1. The Morgan fingerprint density at radius 2 is 1.59 bits per heavy atom. The highest BCUT2D eigenvalue weighted by molar-refractivity contribution is 5.98. The van der Waals surface area contributed by atoms with Gasteiger partial charge in [-0.05, 0) is 61.0 Å². The molecule has 2 aromatic heterocycles. The van der Waals surface area contributed by atoms with E-state index in [0.717, 1.165) is 18.6 Å². The number of pyridine rings is 2. The van der Waals surface area contributed by atoms with Crippen molar-refractivity contribution in [3.05, 3.63) is 113 Å². The zero-order valence-corrected chi connectivity index (χ0v) is 21.5. The third-order valence-electron chi connectivity index (χ3n) is 6.55. The van der Waals surface area contributed by atoms with E-state index in [4.69, 9.17) is 9.47 Å². The molecule has 0 saturated carbocycles. The minimum atomic E-state index is -0.348. The maximum absolute atomic E-state index is 13.0. The topological polar surface area (TPSA) is 81.6 Å². The minimum absolute atomic E-state index is 0.0768. The fourth-order valence-electron chi connectivity index (χ4n) is 4.33. The Bertz CT molecular complexity index is 1420. The summed E-state index contributed by atoms with van der Waals surface area (Å²) < 4.78 is 24.7. The molecule has 7 nitrogen and oxygen atoms in total. The van der Waals surface area contributed by atoms with Gasteiger partial charge in [0.15, 0.2) is 5.78 Å². The number of aromatic nitrogens is 2. The number of aryl methyl sites for hydroxylation is 1. The van der Waals surface area contributed by atoms with Crippen molar-refractivity contribution in [2.75, 3.05) is 13.1 Å². The van der Waals surface area contributed by atoms with E-state index in [1.165, 1.54) is 36.0 Å². The highest BCUT2D eigenvalue weighted by Gasteiger charge is 2.25. The molecular weight excluding hydrogens is 497 g/mol. The normalized spacial score (nSPS) is 13.6. The number of halogens is 1. The molecule has 39 heavy (non-hydrogen) atoms. The number of amides is 1. The molecule has 1 amide bonds. The smallest absolute Gasteiger partial charge is 0.255 e. The Hall–Kier alpha value is -4.59. The average molecular weight is 526 g/mol. The van der Waals surface area contributed by atoms with Gasteiger partial charge < -0.3 is 14.4 Å². The number of hydrogen-bond donors (Lipinski definition) is 0. The van der Waals surface area contributed by atoms with Crippen LogP contribution in [-0.2, 0) is 6.42 Å². The van der Waals surface area contributed by atoms with Crippen LogP contribution in [0.4, 0.5) is 4.39 Å². The number of Topliss-reactive ketones (excluding diaryl/α,β-unsaturated/α-hetero) is 1. The lowest BCUT2D eigenvalue weighted by atomic mass is 10.1. The van der Waals surface area contributed by atoms with Gasteiger partial charge >= 0.3 is 0 Å². The number of nitrogens with zero attached hydrogens (tertiary/aromatic N) is 3. The lowest BCUT2D eigenvalue weighted by molar-refractivity contribution is 0.0594. The van der Waals surface area contributed by atoms with E-state index >= 15 is 0 Å². The summed E-state index contributed by atoms with van der Waals surface area (Å²) in [5, 5.41) is 0. The fraction of sp³-hybridized carbons (Fsp3) is 0.226. The molecule has 0 unspecified atom stereocenters. The number of benzene rings is 2. The number of carbonyl (C=O) groups is 2. The zero-order chi connectivity index (χ0) is 27.2. The average Bonchev–Trinajstić information content (AvgIpc) is 2.96. The molecule has 1 aliphatic rings. The predicted octanol–water partition coefficient (Wildman–Crippen LogP) is 5.83. The van der Waals surface area contributed by atoms with Gasteiger partial charge in [0, 0.05) is 50.8 Å². The maximum Gasteiger partial charge on any atom is 0.255 e. The van der Waals surface area contributed by atoms with E-state index in [1.54, 1.807) is 35.4 Å². The molecule has 0 spiro atoms. The maximum atomic E-state index is 13.0. The Morgan fingerprint density at radius 1 is 0.872 bits per heavy atom. The van der Waals surface area contributed by atoms with Gasteiger partial charge in [-0.2, -0.15) is 0 Å². The van der Waals surface area contributed by atoms with Gasteiger partial charge in [0.2, 0.25) is 5.88 Å². The number of piperidine rings is 1. The molecule has 1 fully saturated rings. The number of hydrogen-bond acceptors (Lipinski definition) is 6. The second-order valence-corrected chi connectivity index (χ2v) is 9.52. The number of ether oxygens (including phenoxy) is 2. The van der Waals surface area contributed by atoms with Crippen molar-refractivity contribution in [3.8, 4) is 17.4 Å². The van der Waals surface area contributed by atoms with Crippen molar-refractivity contribution < 1.29 is 23.5 Å². The van der Waals surface area contributed by atoms with Crippen molar-refractivity contribution in [3.63, 3.8) is 0 Å². The molecule has 5 rings (SSSR count). The monoisotopic (exact) mass is 525 g/mol. The lowest BCUT2D eigenvalue weighted by Gasteiger charge is -2.32. The van der Waals surface area contributed by atoms with Gasteiger partial charge in [0.1, 0.15) is 29.1 Å².